The van der Waals surface area contributed by atoms with Gasteiger partial charge in [-0.2, -0.15) is 10.2 Å². The summed E-state index contributed by atoms with van der Waals surface area (Å²) in [5, 5.41) is 17.2. The average molecular weight is 450 g/mol. The first-order valence-corrected chi connectivity index (χ1v) is 11.5. The second-order valence-corrected chi connectivity index (χ2v) is 8.75. The van der Waals surface area contributed by atoms with Gasteiger partial charge in [0.25, 0.3) is 0 Å². The van der Waals surface area contributed by atoms with Crippen molar-refractivity contribution >= 4 is 44.7 Å². The smallest absolute Gasteiger partial charge is 0.247 e. The number of aromatic nitrogens is 6. The van der Waals surface area contributed by atoms with Crippen molar-refractivity contribution in [1.29, 1.82) is 0 Å². The van der Waals surface area contributed by atoms with Crippen molar-refractivity contribution in [2.45, 2.75) is 26.9 Å². The molecule has 5 aromatic heterocycles. The number of carbonyl (C=O) groups excluding carboxylic acids is 1. The third-order valence-corrected chi connectivity index (χ3v) is 6.55. The van der Waals surface area contributed by atoms with Crippen LogP contribution in [0.5, 0.6) is 0 Å². The number of pyridine rings is 1. The van der Waals surface area contributed by atoms with E-state index in [1.807, 2.05) is 47.6 Å². The highest BCUT2D eigenvalue weighted by Crippen LogP contribution is 2.32. The number of amides is 1. The van der Waals surface area contributed by atoms with Gasteiger partial charge < -0.3 is 5.32 Å². The summed E-state index contributed by atoms with van der Waals surface area (Å²) in [4.78, 5) is 22.9. The molecule has 0 atom stereocenters. The monoisotopic (exact) mass is 449 g/mol. The topological polar surface area (TPSA) is 90.5 Å². The molecule has 0 aliphatic heterocycles. The molecule has 1 amide bonds. The van der Waals surface area contributed by atoms with Crippen molar-refractivity contribution in [1.82, 2.24) is 29.5 Å². The lowest BCUT2D eigenvalue weighted by Gasteiger charge is -2.04. The van der Waals surface area contributed by atoms with Crippen LogP contribution in [-0.4, -0.2) is 35.4 Å². The number of thiophene rings is 1. The van der Waals surface area contributed by atoms with Gasteiger partial charge >= 0.3 is 0 Å². The molecule has 0 unspecified atom stereocenters. The van der Waals surface area contributed by atoms with E-state index in [0.717, 1.165) is 39.3 Å². The minimum absolute atomic E-state index is 0.0634. The molecule has 0 aromatic carbocycles. The van der Waals surface area contributed by atoms with Gasteiger partial charge in [0.05, 0.1) is 23.0 Å². The van der Waals surface area contributed by atoms with Crippen LogP contribution in [0.4, 0.5) is 5.13 Å². The van der Waals surface area contributed by atoms with Crippen LogP contribution in [0.25, 0.3) is 32.7 Å². The van der Waals surface area contributed by atoms with Gasteiger partial charge in [-0.15, -0.1) is 22.7 Å². The zero-order chi connectivity index (χ0) is 21.4. The molecule has 0 radical (unpaired) electrons. The van der Waals surface area contributed by atoms with Gasteiger partial charge in [0.2, 0.25) is 5.91 Å². The summed E-state index contributed by atoms with van der Waals surface area (Å²) >= 11 is 3.06. The molecule has 0 fully saturated rings. The fourth-order valence-electron chi connectivity index (χ4n) is 3.46. The number of hydrogen-bond acceptors (Lipinski definition) is 7. The van der Waals surface area contributed by atoms with Crippen LogP contribution in [-0.2, 0) is 17.9 Å². The van der Waals surface area contributed by atoms with Crippen LogP contribution >= 0.6 is 22.7 Å². The van der Waals surface area contributed by atoms with E-state index in [9.17, 15) is 4.79 Å². The molecule has 156 valence electrons. The first-order chi connectivity index (χ1) is 15.1. The van der Waals surface area contributed by atoms with Gasteiger partial charge in [-0.25, -0.2) is 14.6 Å². The number of nitrogens with one attached hydrogen (secondary N) is 1. The Labute approximate surface area is 186 Å². The quantitative estimate of drug-likeness (QED) is 0.414. The highest BCUT2D eigenvalue weighted by Gasteiger charge is 2.17. The Morgan fingerprint density at radius 1 is 1.26 bits per heavy atom. The van der Waals surface area contributed by atoms with Crippen molar-refractivity contribution in [3.8, 4) is 21.7 Å². The molecule has 10 heteroatoms. The Hall–Kier alpha value is -3.37. The molecule has 0 bridgehead atoms. The predicted molar refractivity (Wildman–Crippen MR) is 123 cm³/mol. The third-order valence-electron chi connectivity index (χ3n) is 4.89. The van der Waals surface area contributed by atoms with E-state index < -0.39 is 0 Å². The number of nitrogens with zero attached hydrogens (tertiary/aromatic N) is 6. The van der Waals surface area contributed by atoms with E-state index in [-0.39, 0.29) is 12.5 Å². The largest absolute Gasteiger partial charge is 0.300 e. The van der Waals surface area contributed by atoms with Gasteiger partial charge in [0.1, 0.15) is 6.54 Å². The Morgan fingerprint density at radius 3 is 2.94 bits per heavy atom. The highest BCUT2D eigenvalue weighted by atomic mass is 32.1. The fourth-order valence-corrected chi connectivity index (χ4v) is 4.95. The predicted octanol–water partition coefficient (Wildman–Crippen LogP) is 4.45. The van der Waals surface area contributed by atoms with Crippen LogP contribution in [0.1, 0.15) is 12.6 Å². The lowest BCUT2D eigenvalue weighted by atomic mass is 10.1. The second-order valence-electron chi connectivity index (χ2n) is 6.95. The number of carbonyl (C=O) groups is 1. The summed E-state index contributed by atoms with van der Waals surface area (Å²) in [6.45, 7) is 4.84. The fraction of sp³-hybridized carbons (Fsp3) is 0.190. The van der Waals surface area contributed by atoms with Crippen molar-refractivity contribution in [3.05, 3.63) is 53.2 Å². The standard InChI is InChI=1S/C21H19N7OS2/c1-3-27-10-14(9-23-27)16-12-31-21(24-16)25-18(29)11-28-20-19(13(2)26-28)15(6-7-22-20)17-5-4-8-30-17/h4-10,12H,3,11H2,1-2H3,(H,24,25,29). The minimum atomic E-state index is -0.196. The maximum atomic E-state index is 12.7. The Balaban J connectivity index is 1.36. The summed E-state index contributed by atoms with van der Waals surface area (Å²) in [5.41, 5.74) is 4.36. The van der Waals surface area contributed by atoms with Gasteiger partial charge in [0, 0.05) is 40.3 Å². The first-order valence-electron chi connectivity index (χ1n) is 9.76. The molecule has 5 heterocycles. The SMILES string of the molecule is CCn1cc(-c2csc(NC(=O)Cn3nc(C)c4c(-c5cccs5)ccnc43)n2)cn1. The molecule has 8 nitrogen and oxygen atoms in total. The third kappa shape index (κ3) is 3.75. The molecule has 0 aliphatic carbocycles. The van der Waals surface area contributed by atoms with Crippen LogP contribution in [0.2, 0.25) is 0 Å². The number of hydrogen-bond donors (Lipinski definition) is 1. The van der Waals surface area contributed by atoms with Crippen LogP contribution in [0, 0.1) is 6.92 Å². The lowest BCUT2D eigenvalue weighted by molar-refractivity contribution is -0.116. The molecule has 5 rings (SSSR count). The van der Waals surface area contributed by atoms with Crippen LogP contribution < -0.4 is 5.32 Å². The van der Waals surface area contributed by atoms with E-state index in [1.54, 1.807) is 28.4 Å². The summed E-state index contributed by atoms with van der Waals surface area (Å²) in [5.74, 6) is -0.196. The van der Waals surface area contributed by atoms with Crippen LogP contribution in [0.3, 0.4) is 0 Å². The zero-order valence-corrected chi connectivity index (χ0v) is 18.6. The number of aryl methyl sites for hydroxylation is 2. The summed E-state index contributed by atoms with van der Waals surface area (Å²) in [7, 11) is 0. The second kappa shape index (κ2) is 8.05. The van der Waals surface area contributed by atoms with Gasteiger partial charge in [-0.3, -0.25) is 9.48 Å². The maximum Gasteiger partial charge on any atom is 0.247 e. The first kappa shape index (κ1) is 19.6. The number of fused-ring (bicyclic) bond motifs is 1. The van der Waals surface area contributed by atoms with Crippen molar-refractivity contribution in [2.24, 2.45) is 0 Å². The van der Waals surface area contributed by atoms with Gasteiger partial charge in [-0.1, -0.05) is 6.07 Å². The zero-order valence-electron chi connectivity index (χ0n) is 16.9. The number of rotatable bonds is 6. The average Bonchev–Trinajstić information content (AvgIpc) is 3.56. The van der Waals surface area contributed by atoms with E-state index >= 15 is 0 Å². The van der Waals surface area contributed by atoms with Crippen molar-refractivity contribution < 1.29 is 4.79 Å². The molecule has 31 heavy (non-hydrogen) atoms. The summed E-state index contributed by atoms with van der Waals surface area (Å²) in [6, 6.07) is 6.09. The minimum Gasteiger partial charge on any atom is -0.300 e. The lowest BCUT2D eigenvalue weighted by Crippen LogP contribution is -2.19. The Bertz CT molecular complexity index is 1360. The van der Waals surface area contributed by atoms with Crippen molar-refractivity contribution in [3.63, 3.8) is 0 Å². The molecule has 0 saturated carbocycles. The van der Waals surface area contributed by atoms with Crippen LogP contribution in [0.15, 0.2) is 47.5 Å². The number of thiazole rings is 1. The van der Waals surface area contributed by atoms with Gasteiger partial charge in [-0.05, 0) is 31.4 Å². The summed E-state index contributed by atoms with van der Waals surface area (Å²) < 4.78 is 3.49. The Morgan fingerprint density at radius 2 is 2.16 bits per heavy atom. The number of anilines is 1. The highest BCUT2D eigenvalue weighted by molar-refractivity contribution is 7.14. The molecule has 1 N–H and O–H groups in total. The van der Waals surface area contributed by atoms with E-state index in [1.165, 1.54) is 11.3 Å². The molecule has 0 aliphatic rings. The maximum absolute atomic E-state index is 12.7. The van der Waals surface area contributed by atoms with E-state index in [4.69, 9.17) is 0 Å². The molecule has 5 aromatic rings. The Kier molecular flexibility index (Phi) is 5.08. The normalized spacial score (nSPS) is 11.3. The molecule has 0 spiro atoms. The summed E-state index contributed by atoms with van der Waals surface area (Å²) in [6.07, 6.45) is 5.48. The van der Waals surface area contributed by atoms with E-state index in [0.29, 0.717) is 10.8 Å². The molecule has 0 saturated heterocycles. The molecular formula is C21H19N7OS2. The van der Waals surface area contributed by atoms with E-state index in [2.05, 4.69) is 31.5 Å². The molecular weight excluding hydrogens is 430 g/mol. The van der Waals surface area contributed by atoms with Gasteiger partial charge in [0.15, 0.2) is 10.8 Å². The van der Waals surface area contributed by atoms with Crippen molar-refractivity contribution in [2.75, 3.05) is 5.32 Å².